The van der Waals surface area contributed by atoms with Crippen LogP contribution in [0.25, 0.3) is 0 Å². The normalized spacial score (nSPS) is 14.3. The molecule has 1 saturated carbocycles. The van der Waals surface area contributed by atoms with Crippen molar-refractivity contribution in [3.05, 3.63) is 29.3 Å². The number of ether oxygens (including phenoxy) is 1. The minimum Gasteiger partial charge on any atom is -0.494 e. The minimum atomic E-state index is 0.220. The van der Waals surface area contributed by atoms with Crippen LogP contribution in [0.2, 0.25) is 0 Å². The van der Waals surface area contributed by atoms with Crippen molar-refractivity contribution < 1.29 is 9.53 Å². The maximum absolute atomic E-state index is 11.5. The van der Waals surface area contributed by atoms with Gasteiger partial charge in [0.25, 0.3) is 0 Å². The average molecular weight is 247 g/mol. The molecule has 0 bridgehead atoms. The Labute approximate surface area is 109 Å². The van der Waals surface area contributed by atoms with Crippen molar-refractivity contribution in [1.82, 2.24) is 5.32 Å². The number of hydrogen-bond acceptors (Lipinski definition) is 2. The summed E-state index contributed by atoms with van der Waals surface area (Å²) in [5, 5.41) is 2.98. The summed E-state index contributed by atoms with van der Waals surface area (Å²) in [6.45, 7) is 5.46. The van der Waals surface area contributed by atoms with E-state index >= 15 is 0 Å². The van der Waals surface area contributed by atoms with Crippen LogP contribution in [-0.2, 0) is 11.2 Å². The summed E-state index contributed by atoms with van der Waals surface area (Å²) in [4.78, 5) is 11.5. The van der Waals surface area contributed by atoms with Gasteiger partial charge in [0.05, 0.1) is 6.61 Å². The van der Waals surface area contributed by atoms with E-state index in [9.17, 15) is 4.79 Å². The molecule has 3 heteroatoms. The van der Waals surface area contributed by atoms with E-state index in [1.807, 2.05) is 13.0 Å². The monoisotopic (exact) mass is 247 g/mol. The molecule has 0 spiro atoms. The van der Waals surface area contributed by atoms with E-state index < -0.39 is 0 Å². The number of rotatable bonds is 6. The fourth-order valence-electron chi connectivity index (χ4n) is 2.00. The lowest BCUT2D eigenvalue weighted by atomic mass is 10.1. The first-order chi connectivity index (χ1) is 8.70. The Morgan fingerprint density at radius 1 is 1.44 bits per heavy atom. The lowest BCUT2D eigenvalue weighted by molar-refractivity contribution is -0.122. The SMILES string of the molecule is CCOc1ccc(CCNC(=O)C2CC2)cc1C. The van der Waals surface area contributed by atoms with Crippen LogP contribution in [0.3, 0.4) is 0 Å². The highest BCUT2D eigenvalue weighted by atomic mass is 16.5. The third kappa shape index (κ3) is 3.49. The lowest BCUT2D eigenvalue weighted by Gasteiger charge is -2.09. The zero-order valence-electron chi connectivity index (χ0n) is 11.2. The molecule has 0 unspecified atom stereocenters. The zero-order valence-corrected chi connectivity index (χ0v) is 11.2. The van der Waals surface area contributed by atoms with Gasteiger partial charge >= 0.3 is 0 Å². The van der Waals surface area contributed by atoms with Crippen molar-refractivity contribution in [3.63, 3.8) is 0 Å². The molecule has 1 fully saturated rings. The summed E-state index contributed by atoms with van der Waals surface area (Å²) in [6.07, 6.45) is 3.01. The number of hydrogen-bond donors (Lipinski definition) is 1. The number of benzene rings is 1. The van der Waals surface area contributed by atoms with Gasteiger partial charge in [-0.2, -0.15) is 0 Å². The van der Waals surface area contributed by atoms with Crippen molar-refractivity contribution in [2.45, 2.75) is 33.1 Å². The molecule has 1 N–H and O–H groups in total. The van der Waals surface area contributed by atoms with E-state index in [0.29, 0.717) is 12.5 Å². The largest absolute Gasteiger partial charge is 0.494 e. The van der Waals surface area contributed by atoms with Crippen LogP contribution in [0, 0.1) is 12.8 Å². The zero-order chi connectivity index (χ0) is 13.0. The molecular weight excluding hydrogens is 226 g/mol. The molecule has 0 heterocycles. The van der Waals surface area contributed by atoms with Gasteiger partial charge in [-0.3, -0.25) is 4.79 Å². The van der Waals surface area contributed by atoms with Crippen molar-refractivity contribution >= 4 is 5.91 Å². The first-order valence-corrected chi connectivity index (χ1v) is 6.70. The van der Waals surface area contributed by atoms with Gasteiger partial charge in [-0.15, -0.1) is 0 Å². The standard InChI is InChI=1S/C15H21NO2/c1-3-18-14-7-4-12(10-11(14)2)8-9-16-15(17)13-5-6-13/h4,7,10,13H,3,5-6,8-9H2,1-2H3,(H,16,17). The molecule has 1 aromatic rings. The maximum Gasteiger partial charge on any atom is 0.223 e. The second kappa shape index (κ2) is 5.89. The van der Waals surface area contributed by atoms with Crippen molar-refractivity contribution in [2.75, 3.05) is 13.2 Å². The molecule has 0 saturated heterocycles. The minimum absolute atomic E-state index is 0.220. The Morgan fingerprint density at radius 3 is 2.83 bits per heavy atom. The van der Waals surface area contributed by atoms with Crippen LogP contribution in [0.5, 0.6) is 5.75 Å². The van der Waals surface area contributed by atoms with E-state index in [-0.39, 0.29) is 5.91 Å². The predicted molar refractivity (Wildman–Crippen MR) is 71.8 cm³/mol. The highest BCUT2D eigenvalue weighted by Gasteiger charge is 2.28. The van der Waals surface area contributed by atoms with Gasteiger partial charge in [0.2, 0.25) is 5.91 Å². The molecule has 2 rings (SSSR count). The van der Waals surface area contributed by atoms with Crippen LogP contribution < -0.4 is 10.1 Å². The summed E-state index contributed by atoms with van der Waals surface area (Å²) >= 11 is 0. The second-order valence-electron chi connectivity index (χ2n) is 4.85. The topological polar surface area (TPSA) is 38.3 Å². The number of carbonyl (C=O) groups is 1. The quantitative estimate of drug-likeness (QED) is 0.838. The fourth-order valence-corrected chi connectivity index (χ4v) is 2.00. The van der Waals surface area contributed by atoms with E-state index in [0.717, 1.165) is 37.1 Å². The van der Waals surface area contributed by atoms with E-state index in [1.54, 1.807) is 0 Å². The van der Waals surface area contributed by atoms with Crippen LogP contribution in [0.1, 0.15) is 30.9 Å². The molecule has 0 radical (unpaired) electrons. The summed E-state index contributed by atoms with van der Waals surface area (Å²) in [7, 11) is 0. The molecule has 18 heavy (non-hydrogen) atoms. The third-order valence-electron chi connectivity index (χ3n) is 3.20. The average Bonchev–Trinajstić information content (AvgIpc) is 3.16. The Kier molecular flexibility index (Phi) is 4.24. The van der Waals surface area contributed by atoms with Gasteiger partial charge < -0.3 is 10.1 Å². The van der Waals surface area contributed by atoms with Crippen molar-refractivity contribution in [3.8, 4) is 5.75 Å². The van der Waals surface area contributed by atoms with Gasteiger partial charge in [-0.1, -0.05) is 12.1 Å². The van der Waals surface area contributed by atoms with Gasteiger partial charge in [-0.05, 0) is 50.3 Å². The van der Waals surface area contributed by atoms with E-state index in [4.69, 9.17) is 4.74 Å². The molecule has 0 aliphatic heterocycles. The molecule has 98 valence electrons. The van der Waals surface area contributed by atoms with Crippen molar-refractivity contribution in [1.29, 1.82) is 0 Å². The van der Waals surface area contributed by atoms with Gasteiger partial charge in [0, 0.05) is 12.5 Å². The number of carbonyl (C=O) groups excluding carboxylic acids is 1. The fraction of sp³-hybridized carbons (Fsp3) is 0.533. The molecule has 0 aromatic heterocycles. The Hall–Kier alpha value is -1.51. The van der Waals surface area contributed by atoms with Gasteiger partial charge in [0.15, 0.2) is 0 Å². The van der Waals surface area contributed by atoms with Crippen molar-refractivity contribution in [2.24, 2.45) is 5.92 Å². The number of amides is 1. The number of nitrogens with one attached hydrogen (secondary N) is 1. The van der Waals surface area contributed by atoms with Crippen LogP contribution in [0.4, 0.5) is 0 Å². The first kappa shape index (κ1) is 12.9. The maximum atomic E-state index is 11.5. The highest BCUT2D eigenvalue weighted by molar-refractivity contribution is 5.80. The van der Waals surface area contributed by atoms with Gasteiger partial charge in [0.1, 0.15) is 5.75 Å². The lowest BCUT2D eigenvalue weighted by Crippen LogP contribution is -2.26. The van der Waals surface area contributed by atoms with Crippen LogP contribution in [-0.4, -0.2) is 19.1 Å². The third-order valence-corrected chi connectivity index (χ3v) is 3.20. The molecule has 0 atom stereocenters. The van der Waals surface area contributed by atoms with Crippen LogP contribution >= 0.6 is 0 Å². The predicted octanol–water partition coefficient (Wildman–Crippen LogP) is 2.46. The van der Waals surface area contributed by atoms with E-state index in [2.05, 4.69) is 24.4 Å². The summed E-state index contributed by atoms with van der Waals surface area (Å²) in [5.41, 5.74) is 2.40. The molecule has 1 aliphatic carbocycles. The first-order valence-electron chi connectivity index (χ1n) is 6.70. The summed E-state index contributed by atoms with van der Waals surface area (Å²) in [5.74, 6) is 1.47. The Bertz CT molecular complexity index is 425. The van der Waals surface area contributed by atoms with Gasteiger partial charge in [-0.25, -0.2) is 0 Å². The number of aryl methyl sites for hydroxylation is 1. The smallest absolute Gasteiger partial charge is 0.223 e. The molecule has 1 amide bonds. The van der Waals surface area contributed by atoms with Crippen LogP contribution in [0.15, 0.2) is 18.2 Å². The van der Waals surface area contributed by atoms with E-state index in [1.165, 1.54) is 5.56 Å². The Morgan fingerprint density at radius 2 is 2.22 bits per heavy atom. The summed E-state index contributed by atoms with van der Waals surface area (Å²) < 4.78 is 5.50. The molecular formula is C15H21NO2. The summed E-state index contributed by atoms with van der Waals surface area (Å²) in [6, 6.07) is 6.21. The molecule has 1 aromatic carbocycles. The second-order valence-corrected chi connectivity index (χ2v) is 4.85. The molecule has 1 aliphatic rings. The Balaban J connectivity index is 1.81. The molecule has 3 nitrogen and oxygen atoms in total. The highest BCUT2D eigenvalue weighted by Crippen LogP contribution is 2.28.